The van der Waals surface area contributed by atoms with Crippen molar-refractivity contribution in [3.8, 4) is 23.0 Å². The first-order chi connectivity index (χ1) is 21.6. The first kappa shape index (κ1) is 33.6. The third-order valence-corrected chi connectivity index (χ3v) is 6.01. The monoisotopic (exact) mass is 606 g/mol. The summed E-state index contributed by atoms with van der Waals surface area (Å²) in [6.07, 6.45) is 10.1. The van der Waals surface area contributed by atoms with Gasteiger partial charge in [-0.2, -0.15) is 4.89 Å². The number of rotatable bonds is 21. The fraction of sp³-hybridized carbons (Fsp3) is 0.324. The highest BCUT2D eigenvalue weighted by molar-refractivity contribution is 5.90. The molecule has 0 saturated heterocycles. The summed E-state index contributed by atoms with van der Waals surface area (Å²) in [4.78, 5) is 33.2. The summed E-state index contributed by atoms with van der Waals surface area (Å²) < 4.78 is 33.2. The molecule has 10 heteroatoms. The fourth-order valence-corrected chi connectivity index (χ4v) is 3.69. The molecule has 0 fully saturated rings. The van der Waals surface area contributed by atoms with Crippen LogP contribution in [0.15, 0.2) is 103 Å². The predicted molar refractivity (Wildman–Crippen MR) is 162 cm³/mol. The molecule has 1 aliphatic carbocycles. The van der Waals surface area contributed by atoms with E-state index in [1.54, 1.807) is 48.6 Å². The number of allylic oxidation sites excluding steroid dienone is 3. The molecular weight excluding hydrogens is 568 g/mol. The summed E-state index contributed by atoms with van der Waals surface area (Å²) >= 11 is 0. The minimum absolute atomic E-state index is 0.00877. The minimum Gasteiger partial charge on any atom is -0.498 e. The Labute approximate surface area is 257 Å². The average molecular weight is 607 g/mol. The summed E-state index contributed by atoms with van der Waals surface area (Å²) in [5.41, 5.74) is 3.02. The van der Waals surface area contributed by atoms with E-state index in [0.29, 0.717) is 68.5 Å². The predicted octanol–water partition coefficient (Wildman–Crippen LogP) is 6.54. The lowest BCUT2D eigenvalue weighted by Gasteiger charge is -2.15. The summed E-state index contributed by atoms with van der Waals surface area (Å²) in [6, 6.07) is 14.0. The van der Waals surface area contributed by atoms with Crippen molar-refractivity contribution in [1.82, 2.24) is 0 Å². The third-order valence-electron chi connectivity index (χ3n) is 6.01. The molecule has 0 aromatic heterocycles. The Morgan fingerprint density at radius 1 is 0.727 bits per heavy atom. The van der Waals surface area contributed by atoms with Crippen molar-refractivity contribution in [1.29, 1.82) is 0 Å². The Hall–Kier alpha value is -4.92. The molecule has 2 aromatic carbocycles. The molecule has 0 radical (unpaired) electrons. The van der Waals surface area contributed by atoms with E-state index in [2.05, 4.69) is 23.8 Å². The molecule has 0 unspecified atom stereocenters. The molecule has 0 amide bonds. The number of hydrogen-bond donors (Lipinski definition) is 0. The van der Waals surface area contributed by atoms with Gasteiger partial charge < -0.3 is 33.3 Å². The van der Waals surface area contributed by atoms with Crippen molar-refractivity contribution in [3.05, 3.63) is 103 Å². The zero-order valence-corrected chi connectivity index (χ0v) is 24.7. The first-order valence-corrected chi connectivity index (χ1v) is 14.3. The van der Waals surface area contributed by atoms with Crippen LogP contribution in [0.1, 0.15) is 38.5 Å². The molecule has 0 heterocycles. The van der Waals surface area contributed by atoms with Gasteiger partial charge in [-0.25, -0.2) is 9.59 Å². The Kier molecular flexibility index (Phi) is 15.3. The van der Waals surface area contributed by atoms with E-state index < -0.39 is 11.9 Å². The second-order valence-corrected chi connectivity index (χ2v) is 9.29. The Bertz CT molecular complexity index is 1290. The highest BCUT2D eigenvalue weighted by Crippen LogP contribution is 2.24. The van der Waals surface area contributed by atoms with Crippen LogP contribution in [0.25, 0.3) is 0 Å². The van der Waals surface area contributed by atoms with Crippen LogP contribution >= 0.6 is 0 Å². The number of carbonyl (C=O) groups excluding carboxylic acids is 2. The van der Waals surface area contributed by atoms with Crippen molar-refractivity contribution in [2.75, 3.05) is 33.2 Å². The van der Waals surface area contributed by atoms with Gasteiger partial charge in [0.2, 0.25) is 6.79 Å². The van der Waals surface area contributed by atoms with Crippen molar-refractivity contribution in [2.24, 2.45) is 0 Å². The molecule has 0 saturated carbocycles. The second-order valence-electron chi connectivity index (χ2n) is 9.29. The third kappa shape index (κ3) is 13.4. The zero-order chi connectivity index (χ0) is 31.2. The van der Waals surface area contributed by atoms with Crippen LogP contribution in [0.4, 0.5) is 0 Å². The molecule has 0 spiro atoms. The second kappa shape index (κ2) is 20.1. The van der Waals surface area contributed by atoms with E-state index in [1.165, 1.54) is 6.26 Å². The summed E-state index contributed by atoms with van der Waals surface area (Å²) in [5.74, 6) is 2.33. The number of hydrogen-bond acceptors (Lipinski definition) is 10. The largest absolute Gasteiger partial charge is 0.498 e. The van der Waals surface area contributed by atoms with Crippen LogP contribution in [-0.4, -0.2) is 45.2 Å². The molecule has 1 aliphatic rings. The normalized spacial score (nSPS) is 12.0. The Balaban J connectivity index is 1.29. The smallest absolute Gasteiger partial charge is 0.339 e. The Morgan fingerprint density at radius 3 is 1.93 bits per heavy atom. The standard InChI is InChI=1S/C34H38O10/c1-3-21-42-43-25-8-7-23-38-29-13-15-30(16-14-29)40-26-41-31-17-19-32(20-18-31)44-34(36)27-9-11-28(12-10-27)37-22-5-6-24-39-33(35)4-2/h4,9,11,13-21H,1-2,5-8,10,12,22-26H2. The van der Waals surface area contributed by atoms with E-state index in [9.17, 15) is 9.59 Å². The van der Waals surface area contributed by atoms with Gasteiger partial charge in [0.25, 0.3) is 0 Å². The van der Waals surface area contributed by atoms with Gasteiger partial charge in [-0.1, -0.05) is 18.9 Å². The van der Waals surface area contributed by atoms with Gasteiger partial charge in [-0.05, 0) is 92.8 Å². The van der Waals surface area contributed by atoms with Gasteiger partial charge in [0, 0.05) is 18.1 Å². The highest BCUT2D eigenvalue weighted by atomic mass is 17.2. The molecule has 0 atom stereocenters. The average Bonchev–Trinajstić information content (AvgIpc) is 3.05. The molecule has 2 aromatic rings. The van der Waals surface area contributed by atoms with Crippen LogP contribution < -0.4 is 18.9 Å². The first-order valence-electron chi connectivity index (χ1n) is 14.3. The summed E-state index contributed by atoms with van der Waals surface area (Å²) in [5, 5.41) is 0. The van der Waals surface area contributed by atoms with E-state index in [4.69, 9.17) is 33.3 Å². The topological polar surface area (TPSA) is 108 Å². The van der Waals surface area contributed by atoms with Gasteiger partial charge in [-0.3, -0.25) is 0 Å². The quantitative estimate of drug-likeness (QED) is 0.0179. The van der Waals surface area contributed by atoms with Gasteiger partial charge in [-0.15, -0.1) is 0 Å². The number of carbonyl (C=O) groups is 2. The lowest BCUT2D eigenvalue weighted by molar-refractivity contribution is -0.249. The maximum atomic E-state index is 12.6. The Morgan fingerprint density at radius 2 is 1.32 bits per heavy atom. The minimum atomic E-state index is -0.426. The van der Waals surface area contributed by atoms with Gasteiger partial charge in [0.1, 0.15) is 23.0 Å². The van der Waals surface area contributed by atoms with E-state index in [-0.39, 0.29) is 6.79 Å². The fourth-order valence-electron chi connectivity index (χ4n) is 3.69. The number of benzene rings is 2. The molecule has 234 valence electrons. The highest BCUT2D eigenvalue weighted by Gasteiger charge is 2.16. The van der Waals surface area contributed by atoms with E-state index in [1.807, 2.05) is 12.1 Å². The molecule has 0 N–H and O–H groups in total. The van der Waals surface area contributed by atoms with Crippen molar-refractivity contribution in [2.45, 2.75) is 38.5 Å². The van der Waals surface area contributed by atoms with Crippen LogP contribution in [-0.2, 0) is 28.8 Å². The molecule has 44 heavy (non-hydrogen) atoms. The molecule has 0 bridgehead atoms. The molecule has 3 rings (SSSR count). The molecular formula is C34H38O10. The lowest BCUT2D eigenvalue weighted by Crippen LogP contribution is -2.13. The van der Waals surface area contributed by atoms with Crippen LogP contribution in [0.2, 0.25) is 0 Å². The molecule has 0 aliphatic heterocycles. The number of esters is 2. The maximum Gasteiger partial charge on any atom is 0.339 e. The SMILES string of the molecule is C=C=COOCCCCOc1ccc(OCOc2ccc(OC(=O)C3=CC=C(OCCCCOC(=O)C=C)CC3)cc2)cc1. The maximum absolute atomic E-state index is 12.6. The number of ether oxygens (including phenoxy) is 6. The van der Waals surface area contributed by atoms with E-state index in [0.717, 1.165) is 36.8 Å². The van der Waals surface area contributed by atoms with Crippen LogP contribution in [0.5, 0.6) is 23.0 Å². The molecule has 10 nitrogen and oxygen atoms in total. The van der Waals surface area contributed by atoms with E-state index >= 15 is 0 Å². The lowest BCUT2D eigenvalue weighted by atomic mass is 10.0. The van der Waals surface area contributed by atoms with Crippen LogP contribution in [0, 0.1) is 0 Å². The van der Waals surface area contributed by atoms with Crippen LogP contribution in [0.3, 0.4) is 0 Å². The zero-order valence-electron chi connectivity index (χ0n) is 24.7. The van der Waals surface area contributed by atoms with Gasteiger partial charge in [0.05, 0.1) is 32.2 Å². The number of unbranched alkanes of at least 4 members (excludes halogenated alkanes) is 2. The summed E-state index contributed by atoms with van der Waals surface area (Å²) in [7, 11) is 0. The van der Waals surface area contributed by atoms with Gasteiger partial charge >= 0.3 is 11.9 Å². The van der Waals surface area contributed by atoms with Crippen molar-refractivity contribution < 1.29 is 47.8 Å². The van der Waals surface area contributed by atoms with Gasteiger partial charge in [0.15, 0.2) is 6.26 Å². The van der Waals surface area contributed by atoms with Crippen molar-refractivity contribution >= 4 is 11.9 Å². The van der Waals surface area contributed by atoms with Crippen molar-refractivity contribution in [3.63, 3.8) is 0 Å². The summed E-state index contributed by atoms with van der Waals surface area (Å²) in [6.45, 7) is 8.59.